The minimum atomic E-state index is -0.214. The van der Waals surface area contributed by atoms with Crippen molar-refractivity contribution >= 4 is 0 Å². The molecular weight excluding hydrogens is 229 g/mol. The van der Waals surface area contributed by atoms with E-state index in [-0.39, 0.29) is 17.3 Å². The van der Waals surface area contributed by atoms with Gasteiger partial charge in [-0.2, -0.15) is 0 Å². The van der Waals surface area contributed by atoms with E-state index in [2.05, 4.69) is 19.2 Å². The molecular formula is C15H18FNO. The van der Waals surface area contributed by atoms with Gasteiger partial charge in [0.1, 0.15) is 11.6 Å². The summed E-state index contributed by atoms with van der Waals surface area (Å²) in [6, 6.07) is 10.5. The van der Waals surface area contributed by atoms with Gasteiger partial charge in [-0.3, -0.25) is 0 Å². The first-order chi connectivity index (χ1) is 8.55. The van der Waals surface area contributed by atoms with E-state index in [0.29, 0.717) is 0 Å². The summed E-state index contributed by atoms with van der Waals surface area (Å²) in [5.41, 5.74) is 0.875. The van der Waals surface area contributed by atoms with Gasteiger partial charge in [0.15, 0.2) is 0 Å². The van der Waals surface area contributed by atoms with E-state index in [0.717, 1.165) is 11.3 Å². The van der Waals surface area contributed by atoms with Gasteiger partial charge >= 0.3 is 0 Å². The molecule has 0 aliphatic rings. The van der Waals surface area contributed by atoms with E-state index in [4.69, 9.17) is 4.42 Å². The maximum absolute atomic E-state index is 13.0. The third kappa shape index (κ3) is 2.31. The Morgan fingerprint density at radius 3 is 2.33 bits per heavy atom. The fraction of sp³-hybridized carbons (Fsp3) is 0.333. The maximum atomic E-state index is 13.0. The largest absolute Gasteiger partial charge is 0.468 e. The number of benzene rings is 1. The van der Waals surface area contributed by atoms with Crippen molar-refractivity contribution in [1.29, 1.82) is 0 Å². The van der Waals surface area contributed by atoms with Crippen molar-refractivity contribution in [3.05, 3.63) is 59.8 Å². The molecule has 1 unspecified atom stereocenters. The van der Waals surface area contributed by atoms with Crippen LogP contribution in [0.2, 0.25) is 0 Å². The molecule has 0 radical (unpaired) electrons. The number of rotatable bonds is 4. The molecule has 96 valence electrons. The molecule has 2 rings (SSSR count). The van der Waals surface area contributed by atoms with Gasteiger partial charge in [-0.25, -0.2) is 4.39 Å². The Hall–Kier alpha value is -1.61. The summed E-state index contributed by atoms with van der Waals surface area (Å²) < 4.78 is 18.5. The molecule has 0 saturated carbocycles. The summed E-state index contributed by atoms with van der Waals surface area (Å²) in [7, 11) is 1.90. The first-order valence-corrected chi connectivity index (χ1v) is 6.02. The van der Waals surface area contributed by atoms with Gasteiger partial charge < -0.3 is 9.73 Å². The molecule has 0 aliphatic heterocycles. The molecule has 1 N–H and O–H groups in total. The molecule has 2 nitrogen and oxygen atoms in total. The quantitative estimate of drug-likeness (QED) is 0.892. The predicted molar refractivity (Wildman–Crippen MR) is 69.9 cm³/mol. The molecule has 1 heterocycles. The molecule has 0 amide bonds. The number of nitrogens with one attached hydrogen (secondary N) is 1. The second kappa shape index (κ2) is 4.94. The molecule has 2 aromatic rings. The van der Waals surface area contributed by atoms with Crippen molar-refractivity contribution in [2.45, 2.75) is 25.3 Å². The Bertz CT molecular complexity index is 488. The number of likely N-dealkylation sites (N-methyl/N-ethyl adjacent to an activating group) is 1. The first-order valence-electron chi connectivity index (χ1n) is 6.02. The predicted octanol–water partition coefficient (Wildman–Crippen LogP) is 3.66. The van der Waals surface area contributed by atoms with Crippen molar-refractivity contribution in [3.63, 3.8) is 0 Å². The molecule has 0 fully saturated rings. The fourth-order valence-corrected chi connectivity index (χ4v) is 2.36. The van der Waals surface area contributed by atoms with Gasteiger partial charge in [0.05, 0.1) is 12.3 Å². The number of halogens is 1. The zero-order valence-corrected chi connectivity index (χ0v) is 10.9. The highest BCUT2D eigenvalue weighted by atomic mass is 19.1. The second-order valence-electron chi connectivity index (χ2n) is 4.97. The van der Waals surface area contributed by atoms with Gasteiger partial charge in [-0.05, 0) is 36.9 Å². The zero-order valence-electron chi connectivity index (χ0n) is 10.9. The van der Waals surface area contributed by atoms with Gasteiger partial charge in [0.2, 0.25) is 0 Å². The van der Waals surface area contributed by atoms with Crippen LogP contribution in [-0.2, 0) is 5.41 Å². The molecule has 18 heavy (non-hydrogen) atoms. The number of hydrogen-bond donors (Lipinski definition) is 1. The van der Waals surface area contributed by atoms with E-state index in [1.165, 1.54) is 12.1 Å². The van der Waals surface area contributed by atoms with Crippen LogP contribution in [0.15, 0.2) is 47.1 Å². The first kappa shape index (κ1) is 12.8. The summed E-state index contributed by atoms with van der Waals surface area (Å²) in [6.45, 7) is 4.23. The van der Waals surface area contributed by atoms with Crippen molar-refractivity contribution in [3.8, 4) is 0 Å². The Balaban J connectivity index is 2.36. The highest BCUT2D eigenvalue weighted by Crippen LogP contribution is 2.36. The van der Waals surface area contributed by atoms with Crippen molar-refractivity contribution < 1.29 is 8.81 Å². The van der Waals surface area contributed by atoms with Crippen LogP contribution in [0, 0.1) is 5.82 Å². The molecule has 0 bridgehead atoms. The van der Waals surface area contributed by atoms with Crippen LogP contribution < -0.4 is 5.32 Å². The van der Waals surface area contributed by atoms with E-state index in [9.17, 15) is 4.39 Å². The second-order valence-corrected chi connectivity index (χ2v) is 4.97. The number of furan rings is 1. The molecule has 0 saturated heterocycles. The van der Waals surface area contributed by atoms with E-state index >= 15 is 0 Å². The zero-order chi connectivity index (χ0) is 13.2. The van der Waals surface area contributed by atoms with Gasteiger partial charge in [-0.1, -0.05) is 26.0 Å². The van der Waals surface area contributed by atoms with Gasteiger partial charge in [0, 0.05) is 5.41 Å². The Morgan fingerprint density at radius 1 is 1.17 bits per heavy atom. The molecule has 3 heteroatoms. The highest BCUT2D eigenvalue weighted by Gasteiger charge is 2.33. The third-order valence-corrected chi connectivity index (χ3v) is 3.43. The van der Waals surface area contributed by atoms with Crippen LogP contribution in [0.25, 0.3) is 0 Å². The minimum Gasteiger partial charge on any atom is -0.468 e. The van der Waals surface area contributed by atoms with Crippen LogP contribution in [-0.4, -0.2) is 7.05 Å². The van der Waals surface area contributed by atoms with Crippen molar-refractivity contribution in [2.24, 2.45) is 0 Å². The summed E-state index contributed by atoms with van der Waals surface area (Å²) >= 11 is 0. The topological polar surface area (TPSA) is 25.2 Å². The maximum Gasteiger partial charge on any atom is 0.123 e. The Kier molecular flexibility index (Phi) is 3.53. The number of hydrogen-bond acceptors (Lipinski definition) is 2. The lowest BCUT2D eigenvalue weighted by molar-refractivity contribution is 0.312. The standard InChI is InChI=1S/C15H18FNO/c1-15(2,11-6-8-12(16)9-7-11)14(17-3)13-5-4-10-18-13/h4-10,14,17H,1-3H3. The van der Waals surface area contributed by atoms with E-state index in [1.54, 1.807) is 6.26 Å². The average molecular weight is 247 g/mol. The lowest BCUT2D eigenvalue weighted by Gasteiger charge is -2.33. The molecule has 1 aromatic heterocycles. The lowest BCUT2D eigenvalue weighted by Crippen LogP contribution is -2.35. The van der Waals surface area contributed by atoms with Crippen LogP contribution in [0.1, 0.15) is 31.2 Å². The molecule has 0 aliphatic carbocycles. The highest BCUT2D eigenvalue weighted by molar-refractivity contribution is 5.29. The van der Waals surface area contributed by atoms with Gasteiger partial charge in [-0.15, -0.1) is 0 Å². The monoisotopic (exact) mass is 247 g/mol. The molecule has 1 aromatic carbocycles. The Morgan fingerprint density at radius 2 is 1.83 bits per heavy atom. The van der Waals surface area contributed by atoms with E-state index in [1.807, 2.05) is 31.3 Å². The Labute approximate surface area is 107 Å². The fourth-order valence-electron chi connectivity index (χ4n) is 2.36. The normalized spacial score (nSPS) is 13.6. The smallest absolute Gasteiger partial charge is 0.123 e. The summed E-state index contributed by atoms with van der Waals surface area (Å²) in [6.07, 6.45) is 1.67. The molecule has 0 spiro atoms. The summed E-state index contributed by atoms with van der Waals surface area (Å²) in [5.74, 6) is 0.667. The average Bonchev–Trinajstić information content (AvgIpc) is 2.84. The lowest BCUT2D eigenvalue weighted by atomic mass is 9.77. The van der Waals surface area contributed by atoms with Crippen LogP contribution in [0.4, 0.5) is 4.39 Å². The molecule has 1 atom stereocenters. The summed E-state index contributed by atoms with van der Waals surface area (Å²) in [5, 5.41) is 3.27. The summed E-state index contributed by atoms with van der Waals surface area (Å²) in [4.78, 5) is 0. The van der Waals surface area contributed by atoms with E-state index < -0.39 is 0 Å². The SMILES string of the molecule is CNC(c1ccco1)C(C)(C)c1ccc(F)cc1. The van der Waals surface area contributed by atoms with Crippen LogP contribution in [0.3, 0.4) is 0 Å². The van der Waals surface area contributed by atoms with Crippen LogP contribution >= 0.6 is 0 Å². The van der Waals surface area contributed by atoms with Crippen LogP contribution in [0.5, 0.6) is 0 Å². The van der Waals surface area contributed by atoms with Crippen molar-refractivity contribution in [2.75, 3.05) is 7.05 Å². The van der Waals surface area contributed by atoms with Gasteiger partial charge in [0.25, 0.3) is 0 Å². The minimum absolute atomic E-state index is 0.0398. The third-order valence-electron chi connectivity index (χ3n) is 3.43. The van der Waals surface area contributed by atoms with Crippen molar-refractivity contribution in [1.82, 2.24) is 5.32 Å².